The van der Waals surface area contributed by atoms with E-state index in [0.29, 0.717) is 19.8 Å². The van der Waals surface area contributed by atoms with Crippen molar-refractivity contribution in [3.05, 3.63) is 47.5 Å². The molecule has 2 saturated heterocycles. The van der Waals surface area contributed by atoms with E-state index in [0.717, 1.165) is 92.2 Å². The van der Waals surface area contributed by atoms with Crippen LogP contribution in [0.2, 0.25) is 0 Å². The summed E-state index contributed by atoms with van der Waals surface area (Å²) >= 11 is 0. The Bertz CT molecular complexity index is 1000. The van der Waals surface area contributed by atoms with E-state index in [9.17, 15) is 15.3 Å². The molecule has 0 aliphatic carbocycles. The highest BCUT2D eigenvalue weighted by Gasteiger charge is 2.26. The van der Waals surface area contributed by atoms with Gasteiger partial charge in [0, 0.05) is 45.2 Å². The van der Waals surface area contributed by atoms with Gasteiger partial charge >= 0.3 is 0 Å². The Balaban J connectivity index is 1.29. The van der Waals surface area contributed by atoms with Crippen molar-refractivity contribution in [3.8, 4) is 22.6 Å². The van der Waals surface area contributed by atoms with E-state index in [1.54, 1.807) is 0 Å². The lowest BCUT2D eigenvalue weighted by atomic mass is 9.95. The maximum Gasteiger partial charge on any atom is 0.122 e. The highest BCUT2D eigenvalue weighted by molar-refractivity contribution is 5.74. The lowest BCUT2D eigenvalue weighted by molar-refractivity contribution is -0.00293. The van der Waals surface area contributed by atoms with E-state index in [-0.39, 0.29) is 18.6 Å². The second kappa shape index (κ2) is 13.6. The van der Waals surface area contributed by atoms with E-state index < -0.39 is 6.10 Å². The monoisotopic (exact) mass is 512 g/mol. The van der Waals surface area contributed by atoms with Gasteiger partial charge in [-0.1, -0.05) is 24.3 Å². The van der Waals surface area contributed by atoms with E-state index in [1.807, 2.05) is 18.2 Å². The summed E-state index contributed by atoms with van der Waals surface area (Å²) in [6.07, 6.45) is 2.92. The number of likely N-dealkylation sites (tertiary alicyclic amines) is 2. The standard InChI is InChI=1S/C30H44N2O5/c1-22-26(7-3-9-29(22)36-17-5-13-31-16-12-25(34)19-31)27-8-4-10-30(23(27)2)37-18-6-14-32-15-11-24(21-33)28(35)20-32/h3-4,7-10,24-25,28,33-35H,5-6,11-21H2,1-2H3/t24-,25?,28-/m1/s1. The number of β-amino-alcohol motifs (C(OH)–C–C–N with tert-alkyl or cyclic N) is 2. The number of benzene rings is 2. The lowest BCUT2D eigenvalue weighted by Gasteiger charge is -2.35. The van der Waals surface area contributed by atoms with Gasteiger partial charge in [0.25, 0.3) is 0 Å². The largest absolute Gasteiger partial charge is 0.493 e. The lowest BCUT2D eigenvalue weighted by Crippen LogP contribution is -2.45. The van der Waals surface area contributed by atoms with Crippen molar-refractivity contribution < 1.29 is 24.8 Å². The Morgan fingerprint density at radius 3 is 1.81 bits per heavy atom. The Morgan fingerprint density at radius 2 is 1.32 bits per heavy atom. The molecule has 0 bridgehead atoms. The number of rotatable bonds is 12. The number of ether oxygens (including phenoxy) is 2. The number of nitrogens with zero attached hydrogens (tertiary/aromatic N) is 2. The van der Waals surface area contributed by atoms with Gasteiger partial charge in [0.15, 0.2) is 0 Å². The summed E-state index contributed by atoms with van der Waals surface area (Å²) in [4.78, 5) is 4.56. The molecule has 3 atom stereocenters. The maximum atomic E-state index is 10.2. The van der Waals surface area contributed by atoms with E-state index >= 15 is 0 Å². The number of hydrogen-bond donors (Lipinski definition) is 3. The van der Waals surface area contributed by atoms with E-state index in [1.165, 1.54) is 0 Å². The minimum absolute atomic E-state index is 0.00942. The predicted octanol–water partition coefficient (Wildman–Crippen LogP) is 3.25. The third kappa shape index (κ3) is 7.45. The highest BCUT2D eigenvalue weighted by Crippen LogP contribution is 2.35. The van der Waals surface area contributed by atoms with Crippen molar-refractivity contribution in [1.29, 1.82) is 0 Å². The number of piperidine rings is 1. The van der Waals surface area contributed by atoms with Crippen LogP contribution in [-0.2, 0) is 0 Å². The van der Waals surface area contributed by atoms with Crippen LogP contribution < -0.4 is 9.47 Å². The van der Waals surface area contributed by atoms with Crippen molar-refractivity contribution in [2.75, 3.05) is 59.1 Å². The van der Waals surface area contributed by atoms with Crippen LogP contribution in [0.25, 0.3) is 11.1 Å². The third-order valence-electron chi connectivity index (χ3n) is 7.90. The van der Waals surface area contributed by atoms with Crippen molar-refractivity contribution in [3.63, 3.8) is 0 Å². The fourth-order valence-corrected chi connectivity index (χ4v) is 5.54. The second-order valence-corrected chi connectivity index (χ2v) is 10.6. The molecule has 204 valence electrons. The predicted molar refractivity (Wildman–Crippen MR) is 146 cm³/mol. The quantitative estimate of drug-likeness (QED) is 0.377. The van der Waals surface area contributed by atoms with Crippen LogP contribution in [0.5, 0.6) is 11.5 Å². The molecule has 4 rings (SSSR count). The first-order valence-electron chi connectivity index (χ1n) is 13.8. The molecule has 0 radical (unpaired) electrons. The third-order valence-corrected chi connectivity index (χ3v) is 7.90. The van der Waals surface area contributed by atoms with E-state index in [2.05, 4.69) is 41.8 Å². The van der Waals surface area contributed by atoms with Gasteiger partial charge in [-0.05, 0) is 80.5 Å². The molecule has 2 aliphatic heterocycles. The summed E-state index contributed by atoms with van der Waals surface area (Å²) in [5.74, 6) is 1.82. The Kier molecular flexibility index (Phi) is 10.2. The summed E-state index contributed by atoms with van der Waals surface area (Å²) < 4.78 is 12.3. The topological polar surface area (TPSA) is 85.6 Å². The summed E-state index contributed by atoms with van der Waals surface area (Å²) in [6.45, 7) is 10.7. The zero-order chi connectivity index (χ0) is 26.2. The van der Waals surface area contributed by atoms with Gasteiger partial charge in [-0.25, -0.2) is 0 Å². The molecule has 2 heterocycles. The molecule has 0 spiro atoms. The van der Waals surface area contributed by atoms with Gasteiger partial charge in [-0.2, -0.15) is 0 Å². The van der Waals surface area contributed by atoms with Gasteiger partial charge in [0.2, 0.25) is 0 Å². The van der Waals surface area contributed by atoms with Crippen molar-refractivity contribution in [1.82, 2.24) is 9.80 Å². The van der Waals surface area contributed by atoms with Crippen LogP contribution in [-0.4, -0.2) is 96.4 Å². The molecule has 2 fully saturated rings. The van der Waals surface area contributed by atoms with Gasteiger partial charge in [-0.15, -0.1) is 0 Å². The number of hydrogen-bond acceptors (Lipinski definition) is 7. The van der Waals surface area contributed by atoms with Crippen LogP contribution in [0.1, 0.15) is 36.8 Å². The highest BCUT2D eigenvalue weighted by atomic mass is 16.5. The fraction of sp³-hybridized carbons (Fsp3) is 0.600. The first-order chi connectivity index (χ1) is 18.0. The molecule has 1 unspecified atom stereocenters. The average Bonchev–Trinajstić information content (AvgIpc) is 3.31. The molecule has 2 aromatic rings. The molecule has 7 heteroatoms. The first-order valence-corrected chi connectivity index (χ1v) is 13.8. The molecular formula is C30H44N2O5. The second-order valence-electron chi connectivity index (χ2n) is 10.6. The van der Waals surface area contributed by atoms with E-state index in [4.69, 9.17) is 9.47 Å². The van der Waals surface area contributed by atoms with Crippen LogP contribution in [0, 0.1) is 19.8 Å². The molecule has 3 N–H and O–H groups in total. The van der Waals surface area contributed by atoms with Gasteiger partial charge in [0.1, 0.15) is 11.5 Å². The van der Waals surface area contributed by atoms with Crippen LogP contribution in [0.3, 0.4) is 0 Å². The normalized spacial score (nSPS) is 22.9. The zero-order valence-electron chi connectivity index (χ0n) is 22.4. The first kappa shape index (κ1) is 27.9. The SMILES string of the molecule is Cc1c(OCCCN2CCC(O)C2)cccc1-c1cccc(OCCCN2CC[C@H](CO)[C@H](O)C2)c1C. The van der Waals surface area contributed by atoms with Gasteiger partial charge in [0.05, 0.1) is 25.4 Å². The summed E-state index contributed by atoms with van der Waals surface area (Å²) in [7, 11) is 0. The zero-order valence-corrected chi connectivity index (χ0v) is 22.4. The molecule has 0 amide bonds. The number of aliphatic hydroxyl groups excluding tert-OH is 3. The Hall–Kier alpha value is -2.16. The Labute approximate surface area is 221 Å². The van der Waals surface area contributed by atoms with Crippen molar-refractivity contribution in [2.24, 2.45) is 5.92 Å². The average molecular weight is 513 g/mol. The summed E-state index contributed by atoms with van der Waals surface area (Å²) in [6, 6.07) is 12.4. The molecular weight excluding hydrogens is 468 g/mol. The molecule has 0 saturated carbocycles. The Morgan fingerprint density at radius 1 is 0.784 bits per heavy atom. The van der Waals surface area contributed by atoms with Crippen LogP contribution in [0.15, 0.2) is 36.4 Å². The fourth-order valence-electron chi connectivity index (χ4n) is 5.54. The molecule has 37 heavy (non-hydrogen) atoms. The van der Waals surface area contributed by atoms with Crippen molar-refractivity contribution in [2.45, 2.75) is 51.7 Å². The number of aliphatic hydroxyl groups is 3. The smallest absolute Gasteiger partial charge is 0.122 e. The minimum atomic E-state index is -0.444. The summed E-state index contributed by atoms with van der Waals surface area (Å²) in [5.41, 5.74) is 4.56. The molecule has 2 aliphatic rings. The van der Waals surface area contributed by atoms with Gasteiger partial charge in [-0.3, -0.25) is 0 Å². The van der Waals surface area contributed by atoms with Crippen molar-refractivity contribution >= 4 is 0 Å². The molecule has 0 aromatic heterocycles. The van der Waals surface area contributed by atoms with Crippen LogP contribution in [0.4, 0.5) is 0 Å². The molecule has 7 nitrogen and oxygen atoms in total. The minimum Gasteiger partial charge on any atom is -0.493 e. The molecule has 2 aromatic carbocycles. The maximum absolute atomic E-state index is 10.2. The van der Waals surface area contributed by atoms with Gasteiger partial charge < -0.3 is 34.6 Å². The summed E-state index contributed by atoms with van der Waals surface area (Å²) in [5, 5.41) is 29.2. The van der Waals surface area contributed by atoms with Crippen LogP contribution >= 0.6 is 0 Å².